The molecule has 2 aromatic carbocycles. The van der Waals surface area contributed by atoms with Gasteiger partial charge in [-0.25, -0.2) is 0 Å². The van der Waals surface area contributed by atoms with Crippen LogP contribution in [0.3, 0.4) is 0 Å². The predicted octanol–water partition coefficient (Wildman–Crippen LogP) is 2.80. The number of para-hydroxylation sites is 2. The summed E-state index contributed by atoms with van der Waals surface area (Å²) in [6.45, 7) is 1.90. The van der Waals surface area contributed by atoms with E-state index in [0.717, 1.165) is 17.7 Å². The number of pyridine rings is 1. The second-order valence-electron chi connectivity index (χ2n) is 6.31. The zero-order chi connectivity index (χ0) is 19.4. The summed E-state index contributed by atoms with van der Waals surface area (Å²) in [6.07, 6.45) is 0.796. The monoisotopic (exact) mass is 363 g/mol. The van der Waals surface area contributed by atoms with Gasteiger partial charge in [0.1, 0.15) is 0 Å². The van der Waals surface area contributed by atoms with Gasteiger partial charge in [-0.1, -0.05) is 43.3 Å². The molecule has 1 aromatic heterocycles. The number of hydrogen-bond donors (Lipinski definition) is 2. The number of benzene rings is 2. The molecule has 2 amide bonds. The van der Waals surface area contributed by atoms with Gasteiger partial charge >= 0.3 is 0 Å². The fraction of sp³-hybridized carbons (Fsp3) is 0.190. The van der Waals surface area contributed by atoms with Gasteiger partial charge in [0.05, 0.1) is 12.1 Å². The smallest absolute Gasteiger partial charge is 0.254 e. The number of rotatable bonds is 5. The zero-order valence-electron chi connectivity index (χ0n) is 15.3. The summed E-state index contributed by atoms with van der Waals surface area (Å²) in [6, 6.07) is 15.9. The molecule has 0 fully saturated rings. The minimum absolute atomic E-state index is 0.113. The number of fused-ring (bicyclic) bond motifs is 1. The summed E-state index contributed by atoms with van der Waals surface area (Å²) in [5.74, 6) is -0.669. The van der Waals surface area contributed by atoms with E-state index >= 15 is 0 Å². The van der Waals surface area contributed by atoms with Gasteiger partial charge in [0.2, 0.25) is 11.5 Å². The van der Waals surface area contributed by atoms with Crippen LogP contribution >= 0.6 is 0 Å². The summed E-state index contributed by atoms with van der Waals surface area (Å²) in [5, 5.41) is 3.49. The van der Waals surface area contributed by atoms with Crippen molar-refractivity contribution in [1.82, 2.24) is 9.88 Å². The van der Waals surface area contributed by atoms with Crippen molar-refractivity contribution in [3.8, 4) is 0 Å². The molecule has 3 aromatic rings. The minimum atomic E-state index is -0.378. The quantitative estimate of drug-likeness (QED) is 0.731. The number of aromatic amines is 1. The van der Waals surface area contributed by atoms with E-state index in [1.807, 2.05) is 31.2 Å². The molecule has 27 heavy (non-hydrogen) atoms. The number of amides is 2. The van der Waals surface area contributed by atoms with Crippen LogP contribution in [0, 0.1) is 0 Å². The van der Waals surface area contributed by atoms with Gasteiger partial charge in [0.15, 0.2) is 0 Å². The van der Waals surface area contributed by atoms with Crippen molar-refractivity contribution in [3.05, 3.63) is 76.1 Å². The summed E-state index contributed by atoms with van der Waals surface area (Å²) >= 11 is 0. The first-order chi connectivity index (χ1) is 13.0. The number of carbonyl (C=O) groups is 2. The van der Waals surface area contributed by atoms with Crippen LogP contribution in [0.25, 0.3) is 10.9 Å². The van der Waals surface area contributed by atoms with Crippen molar-refractivity contribution >= 4 is 28.4 Å². The highest BCUT2D eigenvalue weighted by molar-refractivity contribution is 6.07. The zero-order valence-corrected chi connectivity index (χ0v) is 15.3. The Morgan fingerprint density at radius 1 is 1.07 bits per heavy atom. The molecule has 138 valence electrons. The molecule has 6 nitrogen and oxygen atoms in total. The van der Waals surface area contributed by atoms with Crippen LogP contribution in [0.4, 0.5) is 5.69 Å². The maximum Gasteiger partial charge on any atom is 0.254 e. The van der Waals surface area contributed by atoms with Crippen molar-refractivity contribution < 1.29 is 9.59 Å². The molecule has 0 spiro atoms. The molecule has 3 rings (SSSR count). The van der Waals surface area contributed by atoms with E-state index in [1.165, 1.54) is 11.0 Å². The number of hydrogen-bond acceptors (Lipinski definition) is 3. The van der Waals surface area contributed by atoms with Crippen LogP contribution in [0.2, 0.25) is 0 Å². The van der Waals surface area contributed by atoms with Gasteiger partial charge in [-0.15, -0.1) is 0 Å². The number of likely N-dealkylation sites (N-methyl/N-ethyl adjacent to an activating group) is 1. The fourth-order valence-electron chi connectivity index (χ4n) is 3.01. The average molecular weight is 363 g/mol. The Kier molecular flexibility index (Phi) is 5.35. The normalized spacial score (nSPS) is 10.6. The maximum atomic E-state index is 12.8. The number of nitrogens with one attached hydrogen (secondary N) is 2. The third kappa shape index (κ3) is 4.06. The first kappa shape index (κ1) is 18.4. The van der Waals surface area contributed by atoms with E-state index < -0.39 is 0 Å². The third-order valence-corrected chi connectivity index (χ3v) is 4.38. The van der Waals surface area contributed by atoms with Crippen LogP contribution in [-0.4, -0.2) is 35.3 Å². The third-order valence-electron chi connectivity index (χ3n) is 4.38. The van der Waals surface area contributed by atoms with Gasteiger partial charge < -0.3 is 15.2 Å². The largest absolute Gasteiger partial charge is 0.332 e. The van der Waals surface area contributed by atoms with E-state index in [0.29, 0.717) is 10.9 Å². The maximum absolute atomic E-state index is 12.8. The second-order valence-corrected chi connectivity index (χ2v) is 6.31. The second kappa shape index (κ2) is 7.86. The number of aromatic nitrogens is 1. The molecule has 0 atom stereocenters. The fourth-order valence-corrected chi connectivity index (χ4v) is 3.01. The van der Waals surface area contributed by atoms with Crippen LogP contribution in [0.5, 0.6) is 0 Å². The van der Waals surface area contributed by atoms with Gasteiger partial charge in [-0.3, -0.25) is 14.4 Å². The van der Waals surface area contributed by atoms with E-state index in [4.69, 9.17) is 0 Å². The van der Waals surface area contributed by atoms with Crippen molar-refractivity contribution in [3.63, 3.8) is 0 Å². The molecule has 0 aliphatic carbocycles. The van der Waals surface area contributed by atoms with Gasteiger partial charge in [0.25, 0.3) is 5.91 Å². The summed E-state index contributed by atoms with van der Waals surface area (Å²) in [4.78, 5) is 41.1. The highest BCUT2D eigenvalue weighted by Crippen LogP contribution is 2.17. The van der Waals surface area contributed by atoms with E-state index in [-0.39, 0.29) is 29.5 Å². The van der Waals surface area contributed by atoms with E-state index in [9.17, 15) is 14.4 Å². The Morgan fingerprint density at radius 2 is 1.78 bits per heavy atom. The lowest BCUT2D eigenvalue weighted by Crippen LogP contribution is -2.35. The lowest BCUT2D eigenvalue weighted by molar-refractivity contribution is -0.116. The Hall–Kier alpha value is -3.41. The molecule has 0 aliphatic heterocycles. The van der Waals surface area contributed by atoms with Crippen LogP contribution < -0.4 is 10.9 Å². The molecule has 0 unspecified atom stereocenters. The van der Waals surface area contributed by atoms with Crippen molar-refractivity contribution in [2.45, 2.75) is 13.3 Å². The van der Waals surface area contributed by atoms with Crippen molar-refractivity contribution in [2.24, 2.45) is 0 Å². The number of nitrogens with zero attached hydrogens (tertiary/aromatic N) is 1. The average Bonchev–Trinajstić information content (AvgIpc) is 2.67. The topological polar surface area (TPSA) is 82.3 Å². The van der Waals surface area contributed by atoms with Crippen LogP contribution in [0.15, 0.2) is 59.4 Å². The molecule has 0 bridgehead atoms. The number of aryl methyl sites for hydroxylation is 1. The molecule has 1 heterocycles. The Balaban J connectivity index is 1.78. The first-order valence-electron chi connectivity index (χ1n) is 8.75. The Labute approximate surface area is 156 Å². The molecule has 2 N–H and O–H groups in total. The minimum Gasteiger partial charge on any atom is -0.332 e. The molecular formula is C21H21N3O3. The molecule has 0 saturated carbocycles. The van der Waals surface area contributed by atoms with Gasteiger partial charge in [0, 0.05) is 29.7 Å². The van der Waals surface area contributed by atoms with Gasteiger partial charge in [-0.05, 0) is 24.1 Å². The molecule has 0 saturated heterocycles. The van der Waals surface area contributed by atoms with E-state index in [2.05, 4.69) is 10.3 Å². The Bertz CT molecular complexity index is 1060. The summed E-state index contributed by atoms with van der Waals surface area (Å²) in [7, 11) is 1.55. The van der Waals surface area contributed by atoms with Crippen LogP contribution in [0.1, 0.15) is 22.8 Å². The Morgan fingerprint density at radius 3 is 2.56 bits per heavy atom. The number of carbonyl (C=O) groups excluding carboxylic acids is 2. The lowest BCUT2D eigenvalue weighted by atomic mass is 10.1. The summed E-state index contributed by atoms with van der Waals surface area (Å²) in [5.41, 5.74) is 2.28. The number of H-pyrrole nitrogens is 1. The van der Waals surface area contributed by atoms with Crippen molar-refractivity contribution in [1.29, 1.82) is 0 Å². The number of anilines is 1. The molecule has 6 heteroatoms. The summed E-state index contributed by atoms with van der Waals surface area (Å²) < 4.78 is 0. The first-order valence-corrected chi connectivity index (χ1v) is 8.75. The lowest BCUT2D eigenvalue weighted by Gasteiger charge is -2.18. The van der Waals surface area contributed by atoms with Gasteiger partial charge in [-0.2, -0.15) is 0 Å². The standard InChI is InChI=1S/C21H21N3O3/c1-3-14-8-4-6-10-17(14)22-20(26)13-24(2)21(27)16-12-19(25)23-18-11-7-5-9-15(16)18/h4-12H,3,13H2,1-2H3,(H,22,26)(H,23,25). The predicted molar refractivity (Wildman–Crippen MR) is 106 cm³/mol. The SMILES string of the molecule is CCc1ccccc1NC(=O)CN(C)C(=O)c1cc(=O)[nH]c2ccccc12. The van der Waals surface area contributed by atoms with Crippen molar-refractivity contribution in [2.75, 3.05) is 18.9 Å². The van der Waals surface area contributed by atoms with Crippen LogP contribution in [-0.2, 0) is 11.2 Å². The molecule has 0 aliphatic rings. The highest BCUT2D eigenvalue weighted by atomic mass is 16.2. The molecular weight excluding hydrogens is 342 g/mol. The van der Waals surface area contributed by atoms with E-state index in [1.54, 1.807) is 31.3 Å². The highest BCUT2D eigenvalue weighted by Gasteiger charge is 2.18. The molecule has 0 radical (unpaired) electrons.